The second-order valence-electron chi connectivity index (χ2n) is 13.1. The molecule has 0 radical (unpaired) electrons. The molecule has 0 aliphatic carbocycles. The second kappa shape index (κ2) is 16.3. The molecule has 44 heavy (non-hydrogen) atoms. The summed E-state index contributed by atoms with van der Waals surface area (Å²) in [4.78, 5) is 2.48. The van der Waals surface area contributed by atoms with E-state index in [4.69, 9.17) is 5.26 Å². The SMILES string of the molecule is C=C(C)c1ccc(CCCCc2ccc(CCc3ccc(CCC(C)C#N)cc3)cc2)c(C(=C)N2CCC(C(=C)C)CC2)c1. The molecular weight excluding hydrogens is 532 g/mol. The standard InChI is InChI=1S/C42H52N2/c1-31(2)39-25-27-44(28-26-39)34(6)42-29-41(32(3)4)24-23-40(42)10-8-7-9-35-13-15-37(16-14-35)21-22-38-19-17-36(18-20-38)12-11-33(5)30-43/h13-20,23-24,29,33,39H,1,3,6-12,21-22,25-28H2,2,4-5H3. The summed E-state index contributed by atoms with van der Waals surface area (Å²) in [7, 11) is 0. The van der Waals surface area contributed by atoms with E-state index < -0.39 is 0 Å². The predicted octanol–water partition coefficient (Wildman–Crippen LogP) is 10.4. The van der Waals surface area contributed by atoms with Crippen molar-refractivity contribution in [2.75, 3.05) is 13.1 Å². The van der Waals surface area contributed by atoms with E-state index in [9.17, 15) is 0 Å². The van der Waals surface area contributed by atoms with Crippen LogP contribution in [-0.4, -0.2) is 18.0 Å². The number of piperidine rings is 1. The van der Waals surface area contributed by atoms with Gasteiger partial charge in [0.1, 0.15) is 0 Å². The Morgan fingerprint density at radius 3 is 1.82 bits per heavy atom. The van der Waals surface area contributed by atoms with Crippen LogP contribution >= 0.6 is 0 Å². The van der Waals surface area contributed by atoms with Crippen molar-refractivity contribution >= 4 is 11.3 Å². The molecule has 3 aromatic rings. The van der Waals surface area contributed by atoms with Gasteiger partial charge >= 0.3 is 0 Å². The number of benzene rings is 3. The van der Waals surface area contributed by atoms with E-state index in [1.54, 1.807) is 0 Å². The fraction of sp³-hybridized carbons (Fsp3) is 0.405. The lowest BCUT2D eigenvalue weighted by Crippen LogP contribution is -2.32. The Kier molecular flexibility index (Phi) is 12.3. The lowest BCUT2D eigenvalue weighted by Gasteiger charge is -2.35. The van der Waals surface area contributed by atoms with Crippen molar-refractivity contribution in [1.82, 2.24) is 4.90 Å². The zero-order valence-corrected chi connectivity index (χ0v) is 27.5. The third-order valence-corrected chi connectivity index (χ3v) is 9.48. The molecule has 4 rings (SSSR count). The van der Waals surface area contributed by atoms with Crippen LogP contribution in [0, 0.1) is 23.2 Å². The maximum Gasteiger partial charge on any atom is 0.0652 e. The summed E-state index contributed by atoms with van der Waals surface area (Å²) in [6, 6.07) is 27.4. The molecule has 0 spiro atoms. The first kappa shape index (κ1) is 33.1. The average molecular weight is 585 g/mol. The van der Waals surface area contributed by atoms with Crippen molar-refractivity contribution in [3.05, 3.63) is 131 Å². The van der Waals surface area contributed by atoms with Crippen LogP contribution in [0.5, 0.6) is 0 Å². The van der Waals surface area contributed by atoms with E-state index in [-0.39, 0.29) is 5.92 Å². The molecule has 0 N–H and O–H groups in total. The minimum absolute atomic E-state index is 0.121. The molecule has 1 saturated heterocycles. The maximum absolute atomic E-state index is 8.99. The summed E-state index contributed by atoms with van der Waals surface area (Å²) in [6.45, 7) is 21.3. The van der Waals surface area contributed by atoms with Crippen LogP contribution in [0.25, 0.3) is 11.3 Å². The Labute approximate surface area is 267 Å². The third kappa shape index (κ3) is 9.59. The Hall–Kier alpha value is -3.83. The first-order chi connectivity index (χ1) is 21.2. The summed E-state index contributed by atoms with van der Waals surface area (Å²) < 4.78 is 0. The second-order valence-corrected chi connectivity index (χ2v) is 13.1. The monoisotopic (exact) mass is 584 g/mol. The van der Waals surface area contributed by atoms with Crippen LogP contribution in [0.2, 0.25) is 0 Å². The van der Waals surface area contributed by atoms with Crippen LogP contribution in [0.3, 0.4) is 0 Å². The number of hydrogen-bond acceptors (Lipinski definition) is 2. The molecule has 1 aliphatic rings. The van der Waals surface area contributed by atoms with Crippen molar-refractivity contribution in [3.63, 3.8) is 0 Å². The van der Waals surface area contributed by atoms with Crippen molar-refractivity contribution in [2.24, 2.45) is 11.8 Å². The van der Waals surface area contributed by atoms with Crippen LogP contribution in [0.4, 0.5) is 0 Å². The normalized spacial score (nSPS) is 14.2. The van der Waals surface area contributed by atoms with Crippen molar-refractivity contribution in [3.8, 4) is 6.07 Å². The van der Waals surface area contributed by atoms with Gasteiger partial charge in [-0.3, -0.25) is 0 Å². The van der Waals surface area contributed by atoms with Gasteiger partial charge in [-0.25, -0.2) is 0 Å². The summed E-state index contributed by atoms with van der Waals surface area (Å²) >= 11 is 0. The maximum atomic E-state index is 8.99. The molecule has 230 valence electrons. The summed E-state index contributed by atoms with van der Waals surface area (Å²) in [5.74, 6) is 0.762. The molecule has 3 aromatic carbocycles. The molecule has 0 aromatic heterocycles. The van der Waals surface area contributed by atoms with Crippen LogP contribution in [0.15, 0.2) is 92.0 Å². The minimum atomic E-state index is 0.121. The Balaban J connectivity index is 1.25. The van der Waals surface area contributed by atoms with Gasteiger partial charge in [0.05, 0.1) is 6.07 Å². The highest BCUT2D eigenvalue weighted by molar-refractivity contribution is 5.71. The smallest absolute Gasteiger partial charge is 0.0652 e. The summed E-state index contributed by atoms with van der Waals surface area (Å²) in [6.07, 6.45) is 10.9. The molecule has 1 unspecified atom stereocenters. The molecular formula is C42H52N2. The molecule has 0 amide bonds. The van der Waals surface area contributed by atoms with Gasteiger partial charge in [0.25, 0.3) is 0 Å². The zero-order chi connectivity index (χ0) is 31.5. The van der Waals surface area contributed by atoms with Gasteiger partial charge in [-0.05, 0) is 130 Å². The Morgan fingerprint density at radius 2 is 1.30 bits per heavy atom. The minimum Gasteiger partial charge on any atom is -0.371 e. The van der Waals surface area contributed by atoms with E-state index in [0.717, 1.165) is 63.6 Å². The fourth-order valence-electron chi connectivity index (χ4n) is 6.27. The largest absolute Gasteiger partial charge is 0.371 e. The quantitative estimate of drug-likeness (QED) is 0.131. The Bertz CT molecular complexity index is 1440. The highest BCUT2D eigenvalue weighted by Gasteiger charge is 2.22. The third-order valence-electron chi connectivity index (χ3n) is 9.48. The summed E-state index contributed by atoms with van der Waals surface area (Å²) in [5, 5.41) is 8.99. The number of nitrogens with zero attached hydrogens (tertiary/aromatic N) is 2. The van der Waals surface area contributed by atoms with Gasteiger partial charge in [-0.1, -0.05) is 91.5 Å². The van der Waals surface area contributed by atoms with Gasteiger partial charge in [0, 0.05) is 30.3 Å². The molecule has 1 fully saturated rings. The molecule has 0 saturated carbocycles. The number of nitriles is 1. The number of rotatable bonds is 15. The van der Waals surface area contributed by atoms with Crippen LogP contribution in [-0.2, 0) is 32.1 Å². The molecule has 0 bridgehead atoms. The van der Waals surface area contributed by atoms with Crippen LogP contribution < -0.4 is 0 Å². The fourth-order valence-corrected chi connectivity index (χ4v) is 6.27. The first-order valence-electron chi connectivity index (χ1n) is 16.7. The highest BCUT2D eigenvalue weighted by atomic mass is 15.1. The van der Waals surface area contributed by atoms with Crippen molar-refractivity contribution in [2.45, 2.75) is 85.0 Å². The molecule has 2 heteroatoms. The van der Waals surface area contributed by atoms with E-state index in [0.29, 0.717) is 5.92 Å². The van der Waals surface area contributed by atoms with Gasteiger partial charge in [0.15, 0.2) is 0 Å². The summed E-state index contributed by atoms with van der Waals surface area (Å²) in [5.41, 5.74) is 13.0. The first-order valence-corrected chi connectivity index (χ1v) is 16.7. The lowest BCUT2D eigenvalue weighted by atomic mass is 9.89. The molecule has 1 heterocycles. The zero-order valence-electron chi connectivity index (χ0n) is 27.5. The molecule has 1 aliphatic heterocycles. The lowest BCUT2D eigenvalue weighted by molar-refractivity contribution is 0.278. The van der Waals surface area contributed by atoms with Crippen molar-refractivity contribution < 1.29 is 0 Å². The number of unbranched alkanes of at least 4 members (excludes halogenated alkanes) is 1. The van der Waals surface area contributed by atoms with E-state index >= 15 is 0 Å². The van der Waals surface area contributed by atoms with Gasteiger partial charge < -0.3 is 4.90 Å². The van der Waals surface area contributed by atoms with E-state index in [2.05, 4.69) is 111 Å². The van der Waals surface area contributed by atoms with Crippen LogP contribution in [0.1, 0.15) is 91.8 Å². The molecule has 1 atom stereocenters. The number of likely N-dealkylation sites (tertiary alicyclic amines) is 1. The van der Waals surface area contributed by atoms with Gasteiger partial charge in [-0.15, -0.1) is 0 Å². The topological polar surface area (TPSA) is 27.0 Å². The van der Waals surface area contributed by atoms with E-state index in [1.165, 1.54) is 69.5 Å². The highest BCUT2D eigenvalue weighted by Crippen LogP contribution is 2.31. The number of allylic oxidation sites excluding steroid dienone is 2. The molecule has 2 nitrogen and oxygen atoms in total. The predicted molar refractivity (Wildman–Crippen MR) is 189 cm³/mol. The van der Waals surface area contributed by atoms with Gasteiger partial charge in [-0.2, -0.15) is 5.26 Å². The van der Waals surface area contributed by atoms with Gasteiger partial charge in [0.2, 0.25) is 0 Å². The average Bonchev–Trinajstić information content (AvgIpc) is 3.05. The van der Waals surface area contributed by atoms with E-state index in [1.807, 2.05) is 6.92 Å². The van der Waals surface area contributed by atoms with Crippen molar-refractivity contribution in [1.29, 1.82) is 5.26 Å². The number of hydrogen-bond donors (Lipinski definition) is 0. The number of aryl methyl sites for hydroxylation is 5. The Morgan fingerprint density at radius 1 is 0.773 bits per heavy atom.